The maximum Gasteiger partial charge on any atom is 0.0111 e. The smallest absolute Gasteiger partial charge is 0.0111 e. The minimum Gasteiger partial charge on any atom is -0.313 e. The van der Waals surface area contributed by atoms with Gasteiger partial charge in [-0.15, -0.1) is 6.58 Å². The molecular formula is C14H27NS. The molecule has 16 heavy (non-hydrogen) atoms. The molecule has 94 valence electrons. The summed E-state index contributed by atoms with van der Waals surface area (Å²) in [5, 5.41) is 3.71. The third-order valence-electron chi connectivity index (χ3n) is 3.58. The molecule has 2 atom stereocenters. The molecule has 1 fully saturated rings. The Labute approximate surface area is 105 Å². The van der Waals surface area contributed by atoms with Gasteiger partial charge in [0.25, 0.3) is 0 Å². The van der Waals surface area contributed by atoms with Crippen molar-refractivity contribution in [2.24, 2.45) is 11.3 Å². The van der Waals surface area contributed by atoms with Gasteiger partial charge in [0, 0.05) is 24.1 Å². The zero-order valence-corrected chi connectivity index (χ0v) is 11.9. The molecule has 0 amide bonds. The predicted molar refractivity (Wildman–Crippen MR) is 76.1 cm³/mol. The van der Waals surface area contributed by atoms with Crippen molar-refractivity contribution in [3.05, 3.63) is 12.7 Å². The van der Waals surface area contributed by atoms with Crippen LogP contribution in [-0.4, -0.2) is 24.1 Å². The molecule has 1 aliphatic rings. The Morgan fingerprint density at radius 3 is 2.88 bits per heavy atom. The fraction of sp³-hybridized carbons (Fsp3) is 0.857. The van der Waals surface area contributed by atoms with Gasteiger partial charge in [0.1, 0.15) is 0 Å². The molecule has 2 heteroatoms. The number of rotatable bonds is 6. The van der Waals surface area contributed by atoms with E-state index in [1.807, 2.05) is 17.8 Å². The summed E-state index contributed by atoms with van der Waals surface area (Å²) in [7, 11) is 0. The van der Waals surface area contributed by atoms with Crippen LogP contribution in [0.5, 0.6) is 0 Å². The van der Waals surface area contributed by atoms with Crippen LogP contribution in [0.2, 0.25) is 0 Å². The lowest BCUT2D eigenvalue weighted by Crippen LogP contribution is -2.42. The van der Waals surface area contributed by atoms with Crippen molar-refractivity contribution in [3.63, 3.8) is 0 Å². The monoisotopic (exact) mass is 241 g/mol. The standard InChI is InChI=1S/C14H27NS/c1-5-9-16-10-8-15-13-6-7-14(3,4)11-12(13)2/h5,12-13,15H,1,6-11H2,2-4H3. The van der Waals surface area contributed by atoms with E-state index in [1.165, 1.54) is 25.0 Å². The van der Waals surface area contributed by atoms with E-state index in [2.05, 4.69) is 32.7 Å². The van der Waals surface area contributed by atoms with E-state index in [-0.39, 0.29) is 0 Å². The highest BCUT2D eigenvalue weighted by atomic mass is 32.2. The highest BCUT2D eigenvalue weighted by Gasteiger charge is 2.31. The van der Waals surface area contributed by atoms with Crippen LogP contribution in [0.25, 0.3) is 0 Å². The van der Waals surface area contributed by atoms with Crippen LogP contribution < -0.4 is 5.32 Å². The average molecular weight is 241 g/mol. The van der Waals surface area contributed by atoms with Gasteiger partial charge in [-0.05, 0) is 30.6 Å². The van der Waals surface area contributed by atoms with Gasteiger partial charge in [0.05, 0.1) is 0 Å². The quantitative estimate of drug-likeness (QED) is 0.562. The molecule has 0 spiro atoms. The second-order valence-corrected chi connectivity index (χ2v) is 6.96. The molecule has 0 aromatic rings. The molecule has 0 radical (unpaired) electrons. The van der Waals surface area contributed by atoms with Crippen LogP contribution in [0.4, 0.5) is 0 Å². The van der Waals surface area contributed by atoms with E-state index in [9.17, 15) is 0 Å². The fourth-order valence-corrected chi connectivity index (χ4v) is 3.33. The van der Waals surface area contributed by atoms with Gasteiger partial charge in [-0.3, -0.25) is 0 Å². The Morgan fingerprint density at radius 1 is 1.50 bits per heavy atom. The topological polar surface area (TPSA) is 12.0 Å². The molecule has 0 aliphatic heterocycles. The summed E-state index contributed by atoms with van der Waals surface area (Å²) < 4.78 is 0. The van der Waals surface area contributed by atoms with Crippen LogP contribution in [0, 0.1) is 11.3 Å². The first kappa shape index (κ1) is 14.1. The first-order valence-electron chi connectivity index (χ1n) is 6.47. The predicted octanol–water partition coefficient (Wildman–Crippen LogP) is 3.71. The van der Waals surface area contributed by atoms with Gasteiger partial charge in [-0.25, -0.2) is 0 Å². The lowest BCUT2D eigenvalue weighted by molar-refractivity contribution is 0.150. The summed E-state index contributed by atoms with van der Waals surface area (Å²) in [6.07, 6.45) is 6.07. The fourth-order valence-electron chi connectivity index (χ4n) is 2.73. The Kier molecular flexibility index (Phi) is 5.91. The van der Waals surface area contributed by atoms with Crippen molar-refractivity contribution in [1.29, 1.82) is 0 Å². The Bertz CT molecular complexity index is 213. The van der Waals surface area contributed by atoms with Crippen molar-refractivity contribution in [1.82, 2.24) is 5.32 Å². The number of nitrogens with one attached hydrogen (secondary N) is 1. The molecular weight excluding hydrogens is 214 g/mol. The van der Waals surface area contributed by atoms with Gasteiger partial charge in [-0.2, -0.15) is 11.8 Å². The molecule has 0 bridgehead atoms. The first-order chi connectivity index (χ1) is 7.55. The van der Waals surface area contributed by atoms with Crippen LogP contribution in [0.1, 0.15) is 40.0 Å². The van der Waals surface area contributed by atoms with E-state index >= 15 is 0 Å². The largest absolute Gasteiger partial charge is 0.313 e. The molecule has 2 unspecified atom stereocenters. The average Bonchev–Trinajstić information content (AvgIpc) is 2.20. The van der Waals surface area contributed by atoms with Crippen LogP contribution in [0.15, 0.2) is 12.7 Å². The zero-order chi connectivity index (χ0) is 12.0. The summed E-state index contributed by atoms with van der Waals surface area (Å²) in [6.45, 7) is 12.1. The highest BCUT2D eigenvalue weighted by Crippen LogP contribution is 2.38. The van der Waals surface area contributed by atoms with Gasteiger partial charge < -0.3 is 5.32 Å². The van der Waals surface area contributed by atoms with Crippen molar-refractivity contribution < 1.29 is 0 Å². The van der Waals surface area contributed by atoms with Crippen molar-refractivity contribution >= 4 is 11.8 Å². The van der Waals surface area contributed by atoms with Gasteiger partial charge in [0.15, 0.2) is 0 Å². The zero-order valence-electron chi connectivity index (χ0n) is 11.1. The second-order valence-electron chi connectivity index (χ2n) is 5.81. The molecule has 0 aromatic heterocycles. The van der Waals surface area contributed by atoms with Crippen LogP contribution in [-0.2, 0) is 0 Å². The van der Waals surface area contributed by atoms with E-state index in [0.717, 1.165) is 24.3 Å². The molecule has 1 aliphatic carbocycles. The molecule has 1 N–H and O–H groups in total. The minimum atomic E-state index is 0.565. The summed E-state index contributed by atoms with van der Waals surface area (Å²) in [4.78, 5) is 0. The molecule has 0 saturated heterocycles. The van der Waals surface area contributed by atoms with Gasteiger partial charge in [-0.1, -0.05) is 26.8 Å². The van der Waals surface area contributed by atoms with E-state index < -0.39 is 0 Å². The van der Waals surface area contributed by atoms with E-state index in [4.69, 9.17) is 0 Å². The Balaban J connectivity index is 2.16. The normalized spacial score (nSPS) is 28.9. The lowest BCUT2D eigenvalue weighted by atomic mass is 9.70. The summed E-state index contributed by atoms with van der Waals surface area (Å²) in [5.74, 6) is 3.11. The molecule has 0 aromatic carbocycles. The lowest BCUT2D eigenvalue weighted by Gasteiger charge is -2.39. The summed E-state index contributed by atoms with van der Waals surface area (Å²) in [5.41, 5.74) is 0.565. The van der Waals surface area contributed by atoms with Crippen LogP contribution >= 0.6 is 11.8 Å². The first-order valence-corrected chi connectivity index (χ1v) is 7.63. The molecule has 1 saturated carbocycles. The molecule has 0 heterocycles. The van der Waals surface area contributed by atoms with Crippen LogP contribution in [0.3, 0.4) is 0 Å². The second kappa shape index (κ2) is 6.70. The van der Waals surface area contributed by atoms with Crippen molar-refractivity contribution in [3.8, 4) is 0 Å². The highest BCUT2D eigenvalue weighted by molar-refractivity contribution is 7.99. The summed E-state index contributed by atoms with van der Waals surface area (Å²) >= 11 is 1.96. The Hall–Kier alpha value is 0.0500. The minimum absolute atomic E-state index is 0.565. The van der Waals surface area contributed by atoms with E-state index in [1.54, 1.807) is 0 Å². The maximum absolute atomic E-state index is 3.73. The number of hydrogen-bond donors (Lipinski definition) is 1. The Morgan fingerprint density at radius 2 is 2.25 bits per heavy atom. The summed E-state index contributed by atoms with van der Waals surface area (Å²) in [6, 6.07) is 0.748. The third kappa shape index (κ3) is 4.92. The van der Waals surface area contributed by atoms with Crippen molar-refractivity contribution in [2.75, 3.05) is 18.1 Å². The number of hydrogen-bond acceptors (Lipinski definition) is 2. The van der Waals surface area contributed by atoms with Crippen molar-refractivity contribution in [2.45, 2.75) is 46.1 Å². The third-order valence-corrected chi connectivity index (χ3v) is 4.55. The number of thioether (sulfide) groups is 1. The maximum atomic E-state index is 3.73. The van der Waals surface area contributed by atoms with Gasteiger partial charge in [0.2, 0.25) is 0 Å². The SMILES string of the molecule is C=CCSCCNC1CCC(C)(C)CC1C. The molecule has 1 nitrogen and oxygen atoms in total. The van der Waals surface area contributed by atoms with Gasteiger partial charge >= 0.3 is 0 Å². The molecule has 1 rings (SSSR count). The van der Waals surface area contributed by atoms with E-state index in [0.29, 0.717) is 5.41 Å².